The van der Waals surface area contributed by atoms with E-state index >= 15 is 0 Å². The van der Waals surface area contributed by atoms with E-state index in [0.29, 0.717) is 12.2 Å². The van der Waals surface area contributed by atoms with Gasteiger partial charge in [0, 0.05) is 18.9 Å². The highest BCUT2D eigenvalue weighted by atomic mass is 16.3. The average molecular weight is 226 g/mol. The van der Waals surface area contributed by atoms with Gasteiger partial charge in [-0.1, -0.05) is 30.3 Å². The van der Waals surface area contributed by atoms with Crippen molar-refractivity contribution in [3.63, 3.8) is 0 Å². The van der Waals surface area contributed by atoms with Gasteiger partial charge in [0.15, 0.2) is 11.3 Å². The van der Waals surface area contributed by atoms with Crippen LogP contribution in [0.15, 0.2) is 54.1 Å². The minimum atomic E-state index is 0.367. The molecule has 0 saturated heterocycles. The zero-order valence-electron chi connectivity index (χ0n) is 9.02. The van der Waals surface area contributed by atoms with E-state index in [-0.39, 0.29) is 0 Å². The fraction of sp³-hybridized carbons (Fsp3) is 0.0833. The van der Waals surface area contributed by atoms with Crippen molar-refractivity contribution in [2.75, 3.05) is 0 Å². The van der Waals surface area contributed by atoms with E-state index in [1.807, 2.05) is 47.3 Å². The molecule has 5 heteroatoms. The van der Waals surface area contributed by atoms with Gasteiger partial charge in [0.1, 0.15) is 0 Å². The third kappa shape index (κ3) is 1.61. The summed E-state index contributed by atoms with van der Waals surface area (Å²) in [5, 5.41) is 7.03. The smallest absolute Gasteiger partial charge is 0.170 e. The van der Waals surface area contributed by atoms with E-state index in [0.717, 1.165) is 5.65 Å². The summed E-state index contributed by atoms with van der Waals surface area (Å²) in [6.45, 7) is 0.700. The van der Waals surface area contributed by atoms with Crippen molar-refractivity contribution in [2.24, 2.45) is 5.18 Å². The Bertz CT molecular complexity index is 654. The second-order valence-corrected chi connectivity index (χ2v) is 3.80. The largest absolute Gasteiger partial charge is 0.325 e. The van der Waals surface area contributed by atoms with Crippen LogP contribution in [-0.4, -0.2) is 14.2 Å². The summed E-state index contributed by atoms with van der Waals surface area (Å²) in [5.74, 6) is 0. The van der Waals surface area contributed by atoms with Gasteiger partial charge in [-0.15, -0.1) is 4.91 Å². The lowest BCUT2D eigenvalue weighted by Gasteiger charge is -2.03. The van der Waals surface area contributed by atoms with Crippen LogP contribution >= 0.6 is 0 Å². The highest BCUT2D eigenvalue weighted by Gasteiger charge is 2.09. The molecule has 3 rings (SSSR count). The fourth-order valence-corrected chi connectivity index (χ4v) is 1.92. The van der Waals surface area contributed by atoms with Gasteiger partial charge in [0.25, 0.3) is 0 Å². The van der Waals surface area contributed by atoms with Gasteiger partial charge in [0.05, 0.1) is 6.20 Å². The Balaban J connectivity index is 2.06. The molecule has 0 atom stereocenters. The molecule has 2 heterocycles. The molecule has 2 aromatic heterocycles. The molecule has 0 radical (unpaired) electrons. The first-order chi connectivity index (χ1) is 8.38. The number of nitrogens with zero attached hydrogens (tertiary/aromatic N) is 4. The number of nitroso groups, excluding NO2 is 1. The predicted octanol–water partition coefficient (Wildman–Crippen LogP) is 2.58. The van der Waals surface area contributed by atoms with E-state index in [2.05, 4.69) is 10.3 Å². The van der Waals surface area contributed by atoms with Crippen molar-refractivity contribution in [2.45, 2.75) is 6.54 Å². The first kappa shape index (κ1) is 9.77. The Morgan fingerprint density at radius 1 is 1.18 bits per heavy atom. The molecule has 5 nitrogen and oxygen atoms in total. The molecule has 0 aliphatic carbocycles. The van der Waals surface area contributed by atoms with Gasteiger partial charge in [0.2, 0.25) is 0 Å². The van der Waals surface area contributed by atoms with Crippen molar-refractivity contribution in [1.82, 2.24) is 14.2 Å². The number of benzene rings is 1. The lowest BCUT2D eigenvalue weighted by atomic mass is 10.2. The van der Waals surface area contributed by atoms with E-state index in [4.69, 9.17) is 0 Å². The number of hydrogen-bond acceptors (Lipinski definition) is 3. The average Bonchev–Trinajstić information content (AvgIpc) is 2.93. The number of rotatable bonds is 3. The first-order valence-corrected chi connectivity index (χ1v) is 5.28. The summed E-state index contributed by atoms with van der Waals surface area (Å²) in [6, 6.07) is 10.0. The van der Waals surface area contributed by atoms with Crippen LogP contribution in [0.1, 0.15) is 5.56 Å². The molecule has 0 aliphatic rings. The summed E-state index contributed by atoms with van der Waals surface area (Å²) in [6.07, 6.45) is 5.18. The number of imidazole rings is 1. The van der Waals surface area contributed by atoms with Gasteiger partial charge >= 0.3 is 0 Å². The predicted molar refractivity (Wildman–Crippen MR) is 64.2 cm³/mol. The molecule has 0 N–H and O–H groups in total. The minimum Gasteiger partial charge on any atom is -0.325 e. The summed E-state index contributed by atoms with van der Waals surface area (Å²) in [7, 11) is 0. The quantitative estimate of drug-likeness (QED) is 0.644. The standard InChI is InChI=1S/C12H10N4O/c17-14-11-8-13-16-7-6-15(12(11)16)9-10-4-2-1-3-5-10/h1-8H,9H2. The molecule has 84 valence electrons. The third-order valence-electron chi connectivity index (χ3n) is 2.70. The first-order valence-electron chi connectivity index (χ1n) is 5.28. The van der Waals surface area contributed by atoms with Crippen molar-refractivity contribution in [3.8, 4) is 0 Å². The van der Waals surface area contributed by atoms with Gasteiger partial charge in [-0.25, -0.2) is 4.52 Å². The third-order valence-corrected chi connectivity index (χ3v) is 2.70. The Morgan fingerprint density at radius 2 is 2.00 bits per heavy atom. The molecular formula is C12H10N4O. The maximum atomic E-state index is 10.7. The van der Waals surface area contributed by atoms with Crippen LogP contribution < -0.4 is 0 Å². The topological polar surface area (TPSA) is 51.7 Å². The molecule has 0 fully saturated rings. The molecule has 1 aromatic carbocycles. The van der Waals surface area contributed by atoms with E-state index in [1.165, 1.54) is 11.8 Å². The molecule has 0 saturated carbocycles. The molecule has 0 bridgehead atoms. The summed E-state index contributed by atoms with van der Waals surface area (Å²) >= 11 is 0. The Hall–Kier alpha value is -2.43. The molecular weight excluding hydrogens is 216 g/mol. The molecule has 0 spiro atoms. The van der Waals surface area contributed by atoms with E-state index in [1.54, 1.807) is 4.52 Å². The van der Waals surface area contributed by atoms with Gasteiger partial charge in [-0.2, -0.15) is 5.10 Å². The van der Waals surface area contributed by atoms with Crippen LogP contribution in [0.25, 0.3) is 5.65 Å². The van der Waals surface area contributed by atoms with Crippen LogP contribution in [0.4, 0.5) is 5.69 Å². The number of aromatic nitrogens is 3. The van der Waals surface area contributed by atoms with Crippen LogP contribution in [0.5, 0.6) is 0 Å². The zero-order valence-corrected chi connectivity index (χ0v) is 9.02. The van der Waals surface area contributed by atoms with Crippen LogP contribution in [0.2, 0.25) is 0 Å². The molecule has 0 amide bonds. The highest BCUT2D eigenvalue weighted by Crippen LogP contribution is 2.20. The van der Waals surface area contributed by atoms with Crippen LogP contribution in [0.3, 0.4) is 0 Å². The van der Waals surface area contributed by atoms with Crippen LogP contribution in [-0.2, 0) is 6.54 Å². The van der Waals surface area contributed by atoms with Gasteiger partial charge < -0.3 is 4.57 Å². The van der Waals surface area contributed by atoms with Crippen molar-refractivity contribution >= 4 is 11.3 Å². The van der Waals surface area contributed by atoms with Crippen molar-refractivity contribution < 1.29 is 0 Å². The summed E-state index contributed by atoms with van der Waals surface area (Å²) in [5.41, 5.74) is 2.26. The van der Waals surface area contributed by atoms with Crippen molar-refractivity contribution in [3.05, 3.63) is 59.4 Å². The second kappa shape index (κ2) is 3.86. The highest BCUT2D eigenvalue weighted by molar-refractivity contribution is 5.63. The lowest BCUT2D eigenvalue weighted by molar-refractivity contribution is 0.825. The molecule has 3 aromatic rings. The Kier molecular flexibility index (Phi) is 2.22. The SMILES string of the molecule is O=Nc1cnn2ccn(Cc3ccccc3)c12. The zero-order chi connectivity index (χ0) is 11.7. The monoisotopic (exact) mass is 226 g/mol. The second-order valence-electron chi connectivity index (χ2n) is 3.80. The lowest BCUT2D eigenvalue weighted by Crippen LogP contribution is -1.97. The number of hydrogen-bond donors (Lipinski definition) is 0. The molecule has 0 aliphatic heterocycles. The maximum absolute atomic E-state index is 10.7. The van der Waals surface area contributed by atoms with E-state index in [9.17, 15) is 4.91 Å². The normalized spacial score (nSPS) is 10.8. The van der Waals surface area contributed by atoms with Gasteiger partial charge in [-0.05, 0) is 10.7 Å². The van der Waals surface area contributed by atoms with Crippen LogP contribution in [0, 0.1) is 4.91 Å². The Labute approximate surface area is 97.3 Å². The maximum Gasteiger partial charge on any atom is 0.170 e. The Morgan fingerprint density at radius 3 is 2.76 bits per heavy atom. The molecule has 17 heavy (non-hydrogen) atoms. The minimum absolute atomic E-state index is 0.367. The molecule has 0 unspecified atom stereocenters. The number of fused-ring (bicyclic) bond motifs is 1. The summed E-state index contributed by atoms with van der Waals surface area (Å²) < 4.78 is 3.61. The van der Waals surface area contributed by atoms with Gasteiger partial charge in [-0.3, -0.25) is 0 Å². The van der Waals surface area contributed by atoms with E-state index < -0.39 is 0 Å². The summed E-state index contributed by atoms with van der Waals surface area (Å²) in [4.78, 5) is 10.7. The fourth-order valence-electron chi connectivity index (χ4n) is 1.92. The van der Waals surface area contributed by atoms with Crippen molar-refractivity contribution in [1.29, 1.82) is 0 Å².